The molecule has 2 N–H and O–H groups in total. The molecule has 92 valence electrons. The van der Waals surface area contributed by atoms with Crippen molar-refractivity contribution < 1.29 is 4.21 Å². The van der Waals surface area contributed by atoms with Crippen molar-refractivity contribution >= 4 is 43.7 Å². The number of hydrogen-bond acceptors (Lipinski definition) is 3. The second kappa shape index (κ2) is 5.18. The predicted octanol–water partition coefficient (Wildman–Crippen LogP) is 2.15. The van der Waals surface area contributed by atoms with Crippen molar-refractivity contribution in [2.45, 2.75) is 13.5 Å². The monoisotopic (exact) mass is 315 g/mol. The van der Waals surface area contributed by atoms with E-state index in [4.69, 9.17) is 5.73 Å². The zero-order chi connectivity index (χ0) is 12.4. The molecule has 0 bridgehead atoms. The molecule has 0 aliphatic carbocycles. The Kier molecular flexibility index (Phi) is 3.83. The average Bonchev–Trinajstić information content (AvgIpc) is 2.61. The molecule has 0 amide bonds. The SMILES string of the molecule is CCS(=O)CCn1c(N)nc2cc(Br)ccc21. The number of hydrogen-bond donors (Lipinski definition) is 1. The van der Waals surface area contributed by atoms with Crippen LogP contribution in [0.2, 0.25) is 0 Å². The lowest BCUT2D eigenvalue weighted by Gasteiger charge is -2.05. The standard InChI is InChI=1S/C11H14BrN3OS/c1-2-17(16)6-5-15-10-4-3-8(12)7-9(10)14-11(15)13/h3-4,7H,2,5-6H2,1H3,(H2,13,14). The molecule has 1 atom stereocenters. The summed E-state index contributed by atoms with van der Waals surface area (Å²) in [6.07, 6.45) is 0. The van der Waals surface area contributed by atoms with E-state index in [2.05, 4.69) is 20.9 Å². The summed E-state index contributed by atoms with van der Waals surface area (Å²) in [7, 11) is -0.781. The normalized spacial score (nSPS) is 13.1. The average molecular weight is 316 g/mol. The highest BCUT2D eigenvalue weighted by Gasteiger charge is 2.09. The van der Waals surface area contributed by atoms with Crippen LogP contribution in [0.3, 0.4) is 0 Å². The van der Waals surface area contributed by atoms with Gasteiger partial charge in [-0.05, 0) is 18.2 Å². The summed E-state index contributed by atoms with van der Waals surface area (Å²) in [5.41, 5.74) is 7.71. The van der Waals surface area contributed by atoms with Crippen molar-refractivity contribution in [3.8, 4) is 0 Å². The topological polar surface area (TPSA) is 60.9 Å². The van der Waals surface area contributed by atoms with Crippen LogP contribution in [0.1, 0.15) is 6.92 Å². The van der Waals surface area contributed by atoms with Gasteiger partial charge in [-0.15, -0.1) is 0 Å². The molecule has 0 fully saturated rings. The van der Waals surface area contributed by atoms with Crippen LogP contribution in [0.25, 0.3) is 11.0 Å². The van der Waals surface area contributed by atoms with Gasteiger partial charge in [-0.3, -0.25) is 4.21 Å². The molecule has 1 aromatic carbocycles. The number of halogens is 1. The molecular formula is C11H14BrN3OS. The number of nitrogens with zero attached hydrogens (tertiary/aromatic N) is 2. The number of nitrogen functional groups attached to an aromatic ring is 1. The van der Waals surface area contributed by atoms with E-state index in [9.17, 15) is 4.21 Å². The second-order valence-electron chi connectivity index (χ2n) is 3.69. The van der Waals surface area contributed by atoms with Gasteiger partial charge in [-0.25, -0.2) is 4.98 Å². The maximum atomic E-state index is 11.4. The van der Waals surface area contributed by atoms with Gasteiger partial charge in [0.15, 0.2) is 0 Å². The van der Waals surface area contributed by atoms with Crippen molar-refractivity contribution in [3.63, 3.8) is 0 Å². The number of nitrogens with two attached hydrogens (primary N) is 1. The first-order valence-electron chi connectivity index (χ1n) is 5.38. The van der Waals surface area contributed by atoms with E-state index in [0.717, 1.165) is 15.5 Å². The minimum Gasteiger partial charge on any atom is -0.369 e. The highest BCUT2D eigenvalue weighted by atomic mass is 79.9. The van der Waals surface area contributed by atoms with E-state index < -0.39 is 10.8 Å². The lowest BCUT2D eigenvalue weighted by atomic mass is 10.3. The molecule has 0 aliphatic heterocycles. The van der Waals surface area contributed by atoms with E-state index in [-0.39, 0.29) is 0 Å². The van der Waals surface area contributed by atoms with Crippen molar-refractivity contribution in [2.75, 3.05) is 17.2 Å². The third-order valence-electron chi connectivity index (χ3n) is 2.60. The Morgan fingerprint density at radius 1 is 1.53 bits per heavy atom. The van der Waals surface area contributed by atoms with Gasteiger partial charge < -0.3 is 10.3 Å². The lowest BCUT2D eigenvalue weighted by Crippen LogP contribution is -2.11. The molecule has 4 nitrogen and oxygen atoms in total. The molecule has 0 saturated heterocycles. The summed E-state index contributed by atoms with van der Waals surface area (Å²) in [6.45, 7) is 2.56. The van der Waals surface area contributed by atoms with Crippen molar-refractivity contribution in [2.24, 2.45) is 0 Å². The van der Waals surface area contributed by atoms with Crippen LogP contribution in [0.4, 0.5) is 5.95 Å². The van der Waals surface area contributed by atoms with Crippen LogP contribution in [-0.4, -0.2) is 25.3 Å². The largest absolute Gasteiger partial charge is 0.369 e. The van der Waals surface area contributed by atoms with Gasteiger partial charge in [0.2, 0.25) is 5.95 Å². The molecule has 1 heterocycles. The van der Waals surface area contributed by atoms with Crippen LogP contribution >= 0.6 is 15.9 Å². The quantitative estimate of drug-likeness (QED) is 0.940. The first kappa shape index (κ1) is 12.6. The first-order chi connectivity index (χ1) is 8.11. The Hall–Kier alpha value is -0.880. The van der Waals surface area contributed by atoms with Gasteiger partial charge in [0.1, 0.15) is 0 Å². The maximum Gasteiger partial charge on any atom is 0.201 e. The predicted molar refractivity (Wildman–Crippen MR) is 75.4 cm³/mol. The summed E-state index contributed by atoms with van der Waals surface area (Å²) in [5, 5.41) is 0. The zero-order valence-corrected chi connectivity index (χ0v) is 11.9. The molecule has 0 spiro atoms. The van der Waals surface area contributed by atoms with Crippen molar-refractivity contribution in [1.82, 2.24) is 9.55 Å². The Morgan fingerprint density at radius 3 is 3.00 bits per heavy atom. The van der Waals surface area contributed by atoms with E-state index in [1.807, 2.05) is 29.7 Å². The molecule has 0 saturated carbocycles. The van der Waals surface area contributed by atoms with Gasteiger partial charge in [0, 0.05) is 33.3 Å². The van der Waals surface area contributed by atoms with Crippen molar-refractivity contribution in [3.05, 3.63) is 22.7 Å². The van der Waals surface area contributed by atoms with Gasteiger partial charge in [0.25, 0.3) is 0 Å². The number of imidazole rings is 1. The molecular weight excluding hydrogens is 302 g/mol. The molecule has 1 unspecified atom stereocenters. The molecule has 0 aliphatic rings. The van der Waals surface area contributed by atoms with E-state index in [0.29, 0.717) is 24.0 Å². The molecule has 0 radical (unpaired) electrons. The van der Waals surface area contributed by atoms with Crippen LogP contribution in [0.15, 0.2) is 22.7 Å². The molecule has 17 heavy (non-hydrogen) atoms. The summed E-state index contributed by atoms with van der Waals surface area (Å²) in [5.74, 6) is 1.77. The van der Waals surface area contributed by atoms with Crippen LogP contribution < -0.4 is 5.73 Å². The first-order valence-corrected chi connectivity index (χ1v) is 7.66. The van der Waals surface area contributed by atoms with Gasteiger partial charge >= 0.3 is 0 Å². The number of aromatic nitrogens is 2. The van der Waals surface area contributed by atoms with Crippen molar-refractivity contribution in [1.29, 1.82) is 0 Å². The minimum absolute atomic E-state index is 0.478. The van der Waals surface area contributed by atoms with E-state index in [1.54, 1.807) is 0 Å². The third-order valence-corrected chi connectivity index (χ3v) is 4.38. The number of fused-ring (bicyclic) bond motifs is 1. The van der Waals surface area contributed by atoms with Crippen LogP contribution in [0, 0.1) is 0 Å². The smallest absolute Gasteiger partial charge is 0.201 e. The highest BCUT2D eigenvalue weighted by Crippen LogP contribution is 2.21. The van der Waals surface area contributed by atoms with Crippen LogP contribution in [0.5, 0.6) is 0 Å². The number of rotatable bonds is 4. The third kappa shape index (κ3) is 2.69. The maximum absolute atomic E-state index is 11.4. The zero-order valence-electron chi connectivity index (χ0n) is 9.52. The van der Waals surface area contributed by atoms with Crippen LogP contribution in [-0.2, 0) is 17.3 Å². The molecule has 6 heteroatoms. The Morgan fingerprint density at radius 2 is 2.29 bits per heavy atom. The summed E-state index contributed by atoms with van der Waals surface area (Å²) >= 11 is 3.40. The molecule has 2 rings (SSSR count). The highest BCUT2D eigenvalue weighted by molar-refractivity contribution is 9.10. The summed E-state index contributed by atoms with van der Waals surface area (Å²) in [4.78, 5) is 4.29. The molecule has 2 aromatic rings. The fourth-order valence-electron chi connectivity index (χ4n) is 1.69. The minimum atomic E-state index is -0.781. The Labute approximate surface area is 111 Å². The van der Waals surface area contributed by atoms with Gasteiger partial charge in [0.05, 0.1) is 11.0 Å². The fourth-order valence-corrected chi connectivity index (χ4v) is 2.72. The number of anilines is 1. The van der Waals surface area contributed by atoms with Gasteiger partial charge in [-0.2, -0.15) is 0 Å². The fraction of sp³-hybridized carbons (Fsp3) is 0.364. The Balaban J connectivity index is 2.33. The van der Waals surface area contributed by atoms with E-state index >= 15 is 0 Å². The van der Waals surface area contributed by atoms with Gasteiger partial charge in [-0.1, -0.05) is 22.9 Å². The van der Waals surface area contributed by atoms with E-state index in [1.165, 1.54) is 0 Å². The second-order valence-corrected chi connectivity index (χ2v) is 6.47. The lowest BCUT2D eigenvalue weighted by molar-refractivity contribution is 0.677. The molecule has 1 aromatic heterocycles. The summed E-state index contributed by atoms with van der Waals surface area (Å²) in [6, 6.07) is 5.85. The Bertz CT molecular complexity index is 567. The summed E-state index contributed by atoms with van der Waals surface area (Å²) < 4.78 is 14.3. The number of aryl methyl sites for hydroxylation is 1. The number of benzene rings is 1.